The highest BCUT2D eigenvalue weighted by Crippen LogP contribution is 2.40. The van der Waals surface area contributed by atoms with E-state index in [4.69, 9.17) is 16.6 Å². The number of rotatable bonds is 4. The molecule has 3 aromatic carbocycles. The molecule has 6 nitrogen and oxygen atoms in total. The minimum absolute atomic E-state index is 0.150. The molecule has 1 aliphatic carbocycles. The molecule has 0 spiro atoms. The van der Waals surface area contributed by atoms with Crippen molar-refractivity contribution in [2.24, 2.45) is 0 Å². The molecule has 1 fully saturated rings. The van der Waals surface area contributed by atoms with Gasteiger partial charge in [0.2, 0.25) is 0 Å². The van der Waals surface area contributed by atoms with Crippen LogP contribution in [0.25, 0.3) is 33.9 Å². The van der Waals surface area contributed by atoms with Gasteiger partial charge < -0.3 is 0 Å². The lowest BCUT2D eigenvalue weighted by Crippen LogP contribution is -2.22. The fraction of sp³-hybridized carbons (Fsp3) is 0.115. The average molecular weight is 455 g/mol. The number of fused-ring (bicyclic) bond motifs is 1. The van der Waals surface area contributed by atoms with Crippen molar-refractivity contribution >= 4 is 22.8 Å². The molecule has 0 aliphatic heterocycles. The Morgan fingerprint density at radius 3 is 2.15 bits per heavy atom. The number of hydrogen-bond donors (Lipinski definition) is 1. The first kappa shape index (κ1) is 19.8. The topological polar surface area (TPSA) is 72.7 Å². The maximum atomic E-state index is 13.7. The molecular weight excluding hydrogens is 436 g/mol. The second-order valence-electron chi connectivity index (χ2n) is 8.25. The normalized spacial score (nSPS) is 13.5. The molecule has 33 heavy (non-hydrogen) atoms. The summed E-state index contributed by atoms with van der Waals surface area (Å²) in [5.74, 6) is 1.08. The number of hydrogen-bond acceptors (Lipinski definition) is 3. The monoisotopic (exact) mass is 454 g/mol. The molecule has 0 saturated heterocycles. The third-order valence-electron chi connectivity index (χ3n) is 6.03. The van der Waals surface area contributed by atoms with Gasteiger partial charge in [-0.1, -0.05) is 54.1 Å². The number of benzene rings is 3. The second-order valence-corrected chi connectivity index (χ2v) is 8.68. The highest BCUT2D eigenvalue weighted by Gasteiger charge is 2.24. The van der Waals surface area contributed by atoms with Crippen LogP contribution in [0.1, 0.15) is 24.3 Å². The Bertz CT molecular complexity index is 1590. The van der Waals surface area contributed by atoms with Gasteiger partial charge in [0.1, 0.15) is 5.82 Å². The van der Waals surface area contributed by atoms with E-state index in [2.05, 4.69) is 17.1 Å². The van der Waals surface area contributed by atoms with E-state index >= 15 is 0 Å². The summed E-state index contributed by atoms with van der Waals surface area (Å²) < 4.78 is 2.96. The Balaban J connectivity index is 1.66. The lowest BCUT2D eigenvalue weighted by molar-refractivity contribution is 0.956. The van der Waals surface area contributed by atoms with Crippen LogP contribution in [0.2, 0.25) is 5.02 Å². The molecule has 5 aromatic rings. The standard InChI is InChI=1S/C26H19ClN4O2/c27-19-12-14-21(15-13-19)30-23(18-10-8-17(9-11-18)16-6-7-16)29-24-22(25(30)32)28-26(33)31(24)20-4-2-1-3-5-20/h1-5,8-16H,6-7H2,(H,28,33). The Hall–Kier alpha value is -3.90. The maximum absolute atomic E-state index is 13.7. The zero-order valence-corrected chi connectivity index (χ0v) is 18.3. The van der Waals surface area contributed by atoms with Gasteiger partial charge in [0, 0.05) is 10.6 Å². The first-order valence-electron chi connectivity index (χ1n) is 10.8. The predicted molar refractivity (Wildman–Crippen MR) is 130 cm³/mol. The van der Waals surface area contributed by atoms with Crippen LogP contribution < -0.4 is 11.2 Å². The lowest BCUT2D eigenvalue weighted by Gasteiger charge is -2.14. The Labute approximate surface area is 193 Å². The van der Waals surface area contributed by atoms with Crippen molar-refractivity contribution in [3.63, 3.8) is 0 Å². The highest BCUT2D eigenvalue weighted by atomic mass is 35.5. The van der Waals surface area contributed by atoms with Crippen molar-refractivity contribution in [3.8, 4) is 22.8 Å². The summed E-state index contributed by atoms with van der Waals surface area (Å²) in [6, 6.07) is 24.3. The molecule has 0 unspecified atom stereocenters. The van der Waals surface area contributed by atoms with Gasteiger partial charge in [-0.25, -0.2) is 14.3 Å². The van der Waals surface area contributed by atoms with Crippen LogP contribution in [0.3, 0.4) is 0 Å². The van der Waals surface area contributed by atoms with Crippen LogP contribution in [0, 0.1) is 0 Å². The van der Waals surface area contributed by atoms with Crippen LogP contribution in [0.15, 0.2) is 88.5 Å². The Morgan fingerprint density at radius 2 is 1.48 bits per heavy atom. The number of aromatic amines is 1. The molecule has 0 atom stereocenters. The number of aromatic nitrogens is 4. The first-order valence-corrected chi connectivity index (χ1v) is 11.2. The maximum Gasteiger partial charge on any atom is 0.332 e. The van der Waals surface area contributed by atoms with Gasteiger partial charge in [0.15, 0.2) is 11.2 Å². The number of halogens is 1. The van der Waals surface area contributed by atoms with E-state index in [1.165, 1.54) is 27.5 Å². The smallest absolute Gasteiger partial charge is 0.299 e. The van der Waals surface area contributed by atoms with E-state index in [1.807, 2.05) is 42.5 Å². The van der Waals surface area contributed by atoms with Crippen molar-refractivity contribution in [2.45, 2.75) is 18.8 Å². The summed E-state index contributed by atoms with van der Waals surface area (Å²) in [6.07, 6.45) is 2.43. The van der Waals surface area contributed by atoms with Gasteiger partial charge in [-0.15, -0.1) is 0 Å². The van der Waals surface area contributed by atoms with Crippen LogP contribution in [-0.4, -0.2) is 19.1 Å². The van der Waals surface area contributed by atoms with E-state index in [9.17, 15) is 9.59 Å². The third-order valence-corrected chi connectivity index (χ3v) is 6.28. The molecule has 162 valence electrons. The van der Waals surface area contributed by atoms with Crippen LogP contribution in [0.4, 0.5) is 0 Å². The van der Waals surface area contributed by atoms with Gasteiger partial charge in [-0.3, -0.25) is 14.3 Å². The van der Waals surface area contributed by atoms with Crippen LogP contribution >= 0.6 is 11.6 Å². The number of nitrogens with one attached hydrogen (secondary N) is 1. The van der Waals surface area contributed by atoms with E-state index in [1.54, 1.807) is 24.3 Å². The Kier molecular flexibility index (Phi) is 4.55. The van der Waals surface area contributed by atoms with Crippen LogP contribution in [0.5, 0.6) is 0 Å². The van der Waals surface area contributed by atoms with E-state index in [-0.39, 0.29) is 11.1 Å². The molecule has 6 rings (SSSR count). The lowest BCUT2D eigenvalue weighted by atomic mass is 10.1. The van der Waals surface area contributed by atoms with Crippen molar-refractivity contribution in [1.82, 2.24) is 19.1 Å². The zero-order valence-electron chi connectivity index (χ0n) is 17.5. The molecule has 7 heteroatoms. The molecule has 0 radical (unpaired) electrons. The van der Waals surface area contributed by atoms with E-state index in [0.717, 1.165) is 5.56 Å². The summed E-state index contributed by atoms with van der Waals surface area (Å²) in [6.45, 7) is 0. The van der Waals surface area contributed by atoms with Gasteiger partial charge in [0.05, 0.1) is 11.4 Å². The van der Waals surface area contributed by atoms with E-state index in [0.29, 0.717) is 33.8 Å². The summed E-state index contributed by atoms with van der Waals surface area (Å²) in [5.41, 5.74) is 3.03. The molecule has 0 bridgehead atoms. The predicted octanol–water partition coefficient (Wildman–Crippen LogP) is 5.06. The summed E-state index contributed by atoms with van der Waals surface area (Å²) >= 11 is 6.08. The summed E-state index contributed by atoms with van der Waals surface area (Å²) in [4.78, 5) is 34.1. The fourth-order valence-corrected chi connectivity index (χ4v) is 4.33. The Morgan fingerprint density at radius 1 is 0.818 bits per heavy atom. The molecule has 0 amide bonds. The van der Waals surface area contributed by atoms with Crippen molar-refractivity contribution in [3.05, 3.63) is 110 Å². The first-order chi connectivity index (χ1) is 16.1. The summed E-state index contributed by atoms with van der Waals surface area (Å²) in [7, 11) is 0. The number of H-pyrrole nitrogens is 1. The average Bonchev–Trinajstić information content (AvgIpc) is 3.63. The quantitative estimate of drug-likeness (QED) is 0.412. The SMILES string of the molecule is O=c1c2[nH]c(=O)n(-c3ccccc3)c2nc(-c2ccc(C3CC3)cc2)n1-c1ccc(Cl)cc1. The molecule has 1 saturated carbocycles. The molecule has 2 aromatic heterocycles. The van der Waals surface area contributed by atoms with Gasteiger partial charge in [0.25, 0.3) is 5.56 Å². The second kappa shape index (κ2) is 7.60. The minimum Gasteiger partial charge on any atom is -0.299 e. The molecular formula is C26H19ClN4O2. The fourth-order valence-electron chi connectivity index (χ4n) is 4.20. The number of imidazole rings is 1. The number of para-hydroxylation sites is 1. The highest BCUT2D eigenvalue weighted by molar-refractivity contribution is 6.30. The van der Waals surface area contributed by atoms with Crippen LogP contribution in [-0.2, 0) is 0 Å². The minimum atomic E-state index is -0.412. The molecule has 1 N–H and O–H groups in total. The molecule has 1 aliphatic rings. The van der Waals surface area contributed by atoms with Crippen molar-refractivity contribution in [2.75, 3.05) is 0 Å². The van der Waals surface area contributed by atoms with Crippen molar-refractivity contribution in [1.29, 1.82) is 0 Å². The van der Waals surface area contributed by atoms with E-state index < -0.39 is 5.69 Å². The number of nitrogens with zero attached hydrogens (tertiary/aromatic N) is 3. The van der Waals surface area contributed by atoms with Gasteiger partial charge >= 0.3 is 5.69 Å². The van der Waals surface area contributed by atoms with Crippen molar-refractivity contribution < 1.29 is 0 Å². The molecule has 2 heterocycles. The third kappa shape index (κ3) is 3.39. The summed E-state index contributed by atoms with van der Waals surface area (Å²) in [5, 5.41) is 0.569. The largest absolute Gasteiger partial charge is 0.332 e. The van der Waals surface area contributed by atoms with Gasteiger partial charge in [-0.05, 0) is 60.7 Å². The van der Waals surface area contributed by atoms with Gasteiger partial charge in [-0.2, -0.15) is 0 Å². The zero-order chi connectivity index (χ0) is 22.5.